The fourth-order valence-electron chi connectivity index (χ4n) is 3.06. The third-order valence-corrected chi connectivity index (χ3v) is 4.33. The maximum absolute atomic E-state index is 5.96. The lowest BCUT2D eigenvalue weighted by Gasteiger charge is -2.17. The fourth-order valence-corrected chi connectivity index (χ4v) is 3.23. The second-order valence-corrected chi connectivity index (χ2v) is 6.29. The molecule has 0 saturated heterocycles. The topological polar surface area (TPSA) is 35.6 Å². The van der Waals surface area contributed by atoms with E-state index in [0.29, 0.717) is 11.9 Å². The molecule has 1 atom stereocenters. The number of halogens is 1. The number of hydrogen-bond donors (Lipinski definition) is 0. The molecule has 21 heavy (non-hydrogen) atoms. The van der Waals surface area contributed by atoms with Gasteiger partial charge < -0.3 is 4.57 Å². The summed E-state index contributed by atoms with van der Waals surface area (Å²) >= 11 is 5.96. The predicted octanol–water partition coefficient (Wildman–Crippen LogP) is 4.39. The van der Waals surface area contributed by atoms with Crippen LogP contribution in [-0.4, -0.2) is 25.2 Å². The maximum Gasteiger partial charge on any atom is 0.158 e. The van der Waals surface area contributed by atoms with E-state index < -0.39 is 0 Å². The molecule has 2 rings (SSSR count). The average Bonchev–Trinajstić information content (AvgIpc) is 2.94. The molecule has 5 heteroatoms. The van der Waals surface area contributed by atoms with Crippen LogP contribution in [0.3, 0.4) is 0 Å². The molecule has 0 fully saturated rings. The van der Waals surface area contributed by atoms with Gasteiger partial charge in [0.05, 0.1) is 5.69 Å². The van der Waals surface area contributed by atoms with E-state index in [1.54, 1.807) is 0 Å². The van der Waals surface area contributed by atoms with Crippen LogP contribution in [-0.2, 0) is 13.5 Å². The summed E-state index contributed by atoms with van der Waals surface area (Å²) in [6.07, 6.45) is 7.19. The largest absolute Gasteiger partial charge is 0.310 e. The van der Waals surface area contributed by atoms with Crippen molar-refractivity contribution in [3.63, 3.8) is 0 Å². The van der Waals surface area contributed by atoms with E-state index in [9.17, 15) is 0 Å². The molecule has 0 spiro atoms. The van der Waals surface area contributed by atoms with Gasteiger partial charge in [0.25, 0.3) is 0 Å². The van der Waals surface area contributed by atoms with Crippen LogP contribution in [0.4, 0.5) is 0 Å². The van der Waals surface area contributed by atoms with Crippen LogP contribution in [0.15, 0.2) is 0 Å². The van der Waals surface area contributed by atoms with Gasteiger partial charge >= 0.3 is 0 Å². The van der Waals surface area contributed by atoms with Gasteiger partial charge in [-0.15, -0.1) is 11.6 Å². The molecule has 0 aromatic carbocycles. The first kappa shape index (κ1) is 16.3. The van der Waals surface area contributed by atoms with Gasteiger partial charge in [0, 0.05) is 25.4 Å². The molecule has 0 saturated carbocycles. The zero-order chi connectivity index (χ0) is 15.4. The van der Waals surface area contributed by atoms with Gasteiger partial charge in [-0.3, -0.25) is 4.68 Å². The Balaban J connectivity index is 2.28. The summed E-state index contributed by atoms with van der Waals surface area (Å²) in [6.45, 7) is 6.56. The Kier molecular flexibility index (Phi) is 5.68. The molecule has 2 aromatic rings. The second kappa shape index (κ2) is 7.30. The SMILES string of the molecule is CCCCCCC(C)n1c(CCCl)nc2c(C)nn(C)c21. The molecule has 0 radical (unpaired) electrons. The first-order chi connectivity index (χ1) is 10.1. The summed E-state index contributed by atoms with van der Waals surface area (Å²) in [4.78, 5) is 4.78. The number of aryl methyl sites for hydroxylation is 3. The van der Waals surface area contributed by atoms with Crippen LogP contribution in [0.2, 0.25) is 0 Å². The molecule has 0 aliphatic heterocycles. The predicted molar refractivity (Wildman–Crippen MR) is 89.1 cm³/mol. The van der Waals surface area contributed by atoms with Crippen LogP contribution in [0.5, 0.6) is 0 Å². The normalized spacial score (nSPS) is 13.2. The quantitative estimate of drug-likeness (QED) is 0.535. The van der Waals surface area contributed by atoms with Crippen molar-refractivity contribution in [3.05, 3.63) is 11.5 Å². The Labute approximate surface area is 132 Å². The van der Waals surface area contributed by atoms with Crippen LogP contribution < -0.4 is 0 Å². The number of hydrogen-bond acceptors (Lipinski definition) is 2. The van der Waals surface area contributed by atoms with Crippen molar-refractivity contribution in [1.82, 2.24) is 19.3 Å². The van der Waals surface area contributed by atoms with Gasteiger partial charge in [-0.1, -0.05) is 32.6 Å². The summed E-state index contributed by atoms with van der Waals surface area (Å²) in [5, 5.41) is 4.50. The highest BCUT2D eigenvalue weighted by atomic mass is 35.5. The summed E-state index contributed by atoms with van der Waals surface area (Å²) < 4.78 is 4.31. The monoisotopic (exact) mass is 310 g/mol. The van der Waals surface area contributed by atoms with E-state index in [2.05, 4.69) is 23.5 Å². The molecule has 0 bridgehead atoms. The molecular formula is C16H27ClN4. The first-order valence-corrected chi connectivity index (χ1v) is 8.60. The molecule has 118 valence electrons. The minimum absolute atomic E-state index is 0.444. The number of aromatic nitrogens is 4. The van der Waals surface area contributed by atoms with Crippen molar-refractivity contribution in [2.75, 3.05) is 5.88 Å². The van der Waals surface area contributed by atoms with Crippen LogP contribution in [0.1, 0.15) is 63.5 Å². The minimum Gasteiger partial charge on any atom is -0.310 e. The summed E-state index contributed by atoms with van der Waals surface area (Å²) in [5.41, 5.74) is 3.16. The van der Waals surface area contributed by atoms with Gasteiger partial charge in [0.1, 0.15) is 11.3 Å². The summed E-state index contributed by atoms with van der Waals surface area (Å²) in [7, 11) is 2.00. The number of rotatable bonds is 8. The van der Waals surface area contributed by atoms with Crippen LogP contribution >= 0.6 is 11.6 Å². The van der Waals surface area contributed by atoms with Crippen molar-refractivity contribution in [3.8, 4) is 0 Å². The lowest BCUT2D eigenvalue weighted by Crippen LogP contribution is -2.12. The van der Waals surface area contributed by atoms with E-state index in [1.807, 2.05) is 18.7 Å². The molecular weight excluding hydrogens is 284 g/mol. The number of unbranched alkanes of at least 4 members (excludes halogenated alkanes) is 3. The van der Waals surface area contributed by atoms with E-state index in [4.69, 9.17) is 16.6 Å². The highest BCUT2D eigenvalue weighted by Gasteiger charge is 2.20. The lowest BCUT2D eigenvalue weighted by molar-refractivity contribution is 0.463. The molecule has 0 aliphatic rings. The van der Waals surface area contributed by atoms with Crippen molar-refractivity contribution in [1.29, 1.82) is 0 Å². The molecule has 0 N–H and O–H groups in total. The molecule has 4 nitrogen and oxygen atoms in total. The highest BCUT2D eigenvalue weighted by Crippen LogP contribution is 2.26. The lowest BCUT2D eigenvalue weighted by atomic mass is 10.1. The summed E-state index contributed by atoms with van der Waals surface area (Å²) in [5.74, 6) is 1.71. The Morgan fingerprint density at radius 2 is 2.00 bits per heavy atom. The Bertz CT molecular complexity index is 585. The van der Waals surface area contributed by atoms with E-state index in [0.717, 1.165) is 29.1 Å². The molecule has 0 aliphatic carbocycles. The van der Waals surface area contributed by atoms with Gasteiger partial charge in [-0.05, 0) is 20.3 Å². The molecule has 1 unspecified atom stereocenters. The van der Waals surface area contributed by atoms with E-state index in [-0.39, 0.29) is 0 Å². The Morgan fingerprint density at radius 1 is 1.24 bits per heavy atom. The van der Waals surface area contributed by atoms with E-state index in [1.165, 1.54) is 32.1 Å². The zero-order valence-electron chi connectivity index (χ0n) is 13.7. The summed E-state index contributed by atoms with van der Waals surface area (Å²) in [6, 6.07) is 0.444. The highest BCUT2D eigenvalue weighted by molar-refractivity contribution is 6.17. The first-order valence-electron chi connectivity index (χ1n) is 8.06. The third kappa shape index (κ3) is 3.42. The van der Waals surface area contributed by atoms with Crippen LogP contribution in [0.25, 0.3) is 11.2 Å². The smallest absolute Gasteiger partial charge is 0.158 e. The molecule has 0 amide bonds. The van der Waals surface area contributed by atoms with Gasteiger partial charge in [-0.2, -0.15) is 5.10 Å². The Morgan fingerprint density at radius 3 is 2.67 bits per heavy atom. The van der Waals surface area contributed by atoms with Crippen molar-refractivity contribution < 1.29 is 0 Å². The zero-order valence-corrected chi connectivity index (χ0v) is 14.4. The van der Waals surface area contributed by atoms with Gasteiger partial charge in [0.15, 0.2) is 5.65 Å². The van der Waals surface area contributed by atoms with E-state index >= 15 is 0 Å². The van der Waals surface area contributed by atoms with Crippen molar-refractivity contribution in [2.24, 2.45) is 7.05 Å². The maximum atomic E-state index is 5.96. The standard InChI is InChI=1S/C16H27ClN4/c1-5-6-7-8-9-12(2)21-14(10-11-17)18-15-13(3)19-20(4)16(15)21/h12H,5-11H2,1-4H3. The van der Waals surface area contributed by atoms with Crippen molar-refractivity contribution in [2.45, 2.75) is 65.3 Å². The fraction of sp³-hybridized carbons (Fsp3) is 0.750. The third-order valence-electron chi connectivity index (χ3n) is 4.14. The molecule has 2 aromatic heterocycles. The average molecular weight is 311 g/mol. The minimum atomic E-state index is 0.444. The number of fused-ring (bicyclic) bond motifs is 1. The van der Waals surface area contributed by atoms with Crippen molar-refractivity contribution >= 4 is 22.8 Å². The number of nitrogens with zero attached hydrogens (tertiary/aromatic N) is 4. The van der Waals surface area contributed by atoms with Crippen LogP contribution in [0, 0.1) is 6.92 Å². The van der Waals surface area contributed by atoms with Gasteiger partial charge in [0.2, 0.25) is 0 Å². The molecule has 2 heterocycles. The Hall–Kier alpha value is -1.03. The van der Waals surface area contributed by atoms with Gasteiger partial charge in [-0.25, -0.2) is 4.98 Å². The number of alkyl halides is 1. The number of imidazole rings is 1. The second-order valence-electron chi connectivity index (χ2n) is 5.92.